The topological polar surface area (TPSA) is 41.1 Å². The van der Waals surface area contributed by atoms with E-state index in [1.165, 1.54) is 5.56 Å². The van der Waals surface area contributed by atoms with E-state index in [1.54, 1.807) is 0 Å². The maximum Gasteiger partial charge on any atom is 0.129 e. The van der Waals surface area contributed by atoms with Crippen molar-refractivity contribution in [2.45, 2.75) is 26.3 Å². The summed E-state index contributed by atoms with van der Waals surface area (Å²) in [7, 11) is 6.07. The van der Waals surface area contributed by atoms with Crippen molar-refractivity contribution in [3.05, 3.63) is 23.3 Å². The lowest BCUT2D eigenvalue weighted by Crippen LogP contribution is -2.18. The van der Waals surface area contributed by atoms with Gasteiger partial charge in [-0.3, -0.25) is 0 Å². The van der Waals surface area contributed by atoms with Gasteiger partial charge in [-0.15, -0.1) is 0 Å². The third-order valence-electron chi connectivity index (χ3n) is 2.75. The lowest BCUT2D eigenvalue weighted by atomic mass is 10.1. The van der Waals surface area contributed by atoms with Crippen LogP contribution in [0.1, 0.15) is 30.0 Å². The molecule has 0 saturated carbocycles. The number of likely N-dealkylation sites (N-methyl/N-ethyl adjacent to an activating group) is 1. The highest BCUT2D eigenvalue weighted by Crippen LogP contribution is 2.13. The van der Waals surface area contributed by atoms with Gasteiger partial charge in [0.05, 0.1) is 0 Å². The molecule has 0 spiro atoms. The lowest BCUT2D eigenvalue weighted by Gasteiger charge is -2.14. The Morgan fingerprint density at radius 3 is 2.62 bits per heavy atom. The third-order valence-corrected chi connectivity index (χ3v) is 2.75. The van der Waals surface area contributed by atoms with Gasteiger partial charge in [0.2, 0.25) is 0 Å². The Bertz CT molecular complexity index is 336. The summed E-state index contributed by atoms with van der Waals surface area (Å²) in [6.07, 6.45) is 2.84. The molecule has 1 rings (SSSR count). The molecule has 1 unspecified atom stereocenters. The standard InChI is InChI=1S/C12H22N4/c1-9(13-3)11-8-14-12(15-10(11)2)6-7-16(4)5/h8-9,13H,6-7H2,1-5H3. The molecular formula is C12H22N4. The molecule has 4 heteroatoms. The zero-order valence-corrected chi connectivity index (χ0v) is 10.9. The van der Waals surface area contributed by atoms with E-state index in [4.69, 9.17) is 0 Å². The van der Waals surface area contributed by atoms with Crippen LogP contribution in [0.2, 0.25) is 0 Å². The van der Waals surface area contributed by atoms with Crippen LogP contribution in [0.25, 0.3) is 0 Å². The van der Waals surface area contributed by atoms with Crippen molar-refractivity contribution < 1.29 is 0 Å². The molecule has 4 nitrogen and oxygen atoms in total. The van der Waals surface area contributed by atoms with E-state index in [9.17, 15) is 0 Å². The first-order valence-electron chi connectivity index (χ1n) is 5.69. The number of hydrogen-bond donors (Lipinski definition) is 1. The fourth-order valence-corrected chi connectivity index (χ4v) is 1.55. The summed E-state index contributed by atoms with van der Waals surface area (Å²) in [6, 6.07) is 0.308. The normalized spacial score (nSPS) is 13.1. The molecule has 0 bridgehead atoms. The summed E-state index contributed by atoms with van der Waals surface area (Å²) < 4.78 is 0. The molecule has 0 aliphatic carbocycles. The van der Waals surface area contributed by atoms with E-state index >= 15 is 0 Å². The maximum absolute atomic E-state index is 4.54. The van der Waals surface area contributed by atoms with Crippen LogP contribution in [-0.4, -0.2) is 42.6 Å². The number of aryl methyl sites for hydroxylation is 1. The average Bonchev–Trinajstić information content (AvgIpc) is 2.25. The monoisotopic (exact) mass is 222 g/mol. The van der Waals surface area contributed by atoms with Crippen molar-refractivity contribution >= 4 is 0 Å². The van der Waals surface area contributed by atoms with Crippen molar-refractivity contribution in [1.82, 2.24) is 20.2 Å². The molecule has 90 valence electrons. The first-order valence-corrected chi connectivity index (χ1v) is 5.69. The minimum Gasteiger partial charge on any atom is -0.313 e. The van der Waals surface area contributed by atoms with Crippen LogP contribution in [0.5, 0.6) is 0 Å². The summed E-state index contributed by atoms with van der Waals surface area (Å²) in [4.78, 5) is 11.1. The second kappa shape index (κ2) is 5.92. The van der Waals surface area contributed by atoms with Gasteiger partial charge < -0.3 is 10.2 Å². The van der Waals surface area contributed by atoms with Gasteiger partial charge in [-0.2, -0.15) is 0 Å². The fourth-order valence-electron chi connectivity index (χ4n) is 1.55. The molecule has 16 heavy (non-hydrogen) atoms. The Morgan fingerprint density at radius 2 is 2.12 bits per heavy atom. The molecule has 1 N–H and O–H groups in total. The quantitative estimate of drug-likeness (QED) is 0.812. The molecule has 0 aliphatic heterocycles. The molecule has 0 fully saturated rings. The zero-order valence-electron chi connectivity index (χ0n) is 10.9. The molecule has 0 saturated heterocycles. The van der Waals surface area contributed by atoms with Gasteiger partial charge in [-0.05, 0) is 35.0 Å². The van der Waals surface area contributed by atoms with Crippen LogP contribution in [0, 0.1) is 6.92 Å². The number of rotatable bonds is 5. The van der Waals surface area contributed by atoms with Crippen molar-refractivity contribution in [2.75, 3.05) is 27.7 Å². The van der Waals surface area contributed by atoms with Crippen LogP contribution in [0.15, 0.2) is 6.20 Å². The average molecular weight is 222 g/mol. The highest BCUT2D eigenvalue weighted by molar-refractivity contribution is 5.19. The van der Waals surface area contributed by atoms with E-state index in [2.05, 4.69) is 41.2 Å². The Hall–Kier alpha value is -1.00. The second-order valence-electron chi connectivity index (χ2n) is 4.39. The first-order chi connectivity index (χ1) is 7.54. The van der Waals surface area contributed by atoms with Gasteiger partial charge in [0.25, 0.3) is 0 Å². The van der Waals surface area contributed by atoms with E-state index < -0.39 is 0 Å². The van der Waals surface area contributed by atoms with Crippen LogP contribution < -0.4 is 5.32 Å². The summed E-state index contributed by atoms with van der Waals surface area (Å²) in [5, 5.41) is 3.20. The van der Waals surface area contributed by atoms with Crippen LogP contribution in [0.4, 0.5) is 0 Å². The predicted molar refractivity (Wildman–Crippen MR) is 66.5 cm³/mol. The minimum atomic E-state index is 0.308. The van der Waals surface area contributed by atoms with Crippen molar-refractivity contribution in [2.24, 2.45) is 0 Å². The molecule has 1 aromatic rings. The van der Waals surface area contributed by atoms with E-state index in [0.717, 1.165) is 24.5 Å². The Morgan fingerprint density at radius 1 is 1.44 bits per heavy atom. The molecule has 0 amide bonds. The van der Waals surface area contributed by atoms with Gasteiger partial charge in [0, 0.05) is 36.5 Å². The van der Waals surface area contributed by atoms with Crippen LogP contribution >= 0.6 is 0 Å². The third kappa shape index (κ3) is 3.54. The van der Waals surface area contributed by atoms with Crippen molar-refractivity contribution in [3.63, 3.8) is 0 Å². The van der Waals surface area contributed by atoms with Gasteiger partial charge in [0.1, 0.15) is 5.82 Å². The highest BCUT2D eigenvalue weighted by Gasteiger charge is 2.08. The molecule has 1 aromatic heterocycles. The molecule has 1 atom stereocenters. The maximum atomic E-state index is 4.54. The first kappa shape index (κ1) is 13.1. The number of hydrogen-bond acceptors (Lipinski definition) is 4. The Balaban J connectivity index is 2.74. The largest absolute Gasteiger partial charge is 0.313 e. The molecular weight excluding hydrogens is 200 g/mol. The Labute approximate surface area is 98.1 Å². The molecule has 1 heterocycles. The van der Waals surface area contributed by atoms with Crippen molar-refractivity contribution in [3.8, 4) is 0 Å². The summed E-state index contributed by atoms with van der Waals surface area (Å²) in [6.45, 7) is 5.15. The number of nitrogens with zero attached hydrogens (tertiary/aromatic N) is 3. The van der Waals surface area contributed by atoms with Gasteiger partial charge in [-0.25, -0.2) is 9.97 Å². The summed E-state index contributed by atoms with van der Waals surface area (Å²) >= 11 is 0. The SMILES string of the molecule is CNC(C)c1cnc(CCN(C)C)nc1C. The number of aromatic nitrogens is 2. The number of nitrogens with one attached hydrogen (secondary N) is 1. The predicted octanol–water partition coefficient (Wildman–Crippen LogP) is 1.17. The minimum absolute atomic E-state index is 0.308. The summed E-state index contributed by atoms with van der Waals surface area (Å²) in [5.74, 6) is 0.929. The smallest absolute Gasteiger partial charge is 0.129 e. The van der Waals surface area contributed by atoms with Gasteiger partial charge in [-0.1, -0.05) is 0 Å². The highest BCUT2D eigenvalue weighted by atomic mass is 15.1. The Kier molecular flexibility index (Phi) is 4.83. The lowest BCUT2D eigenvalue weighted by molar-refractivity contribution is 0.409. The summed E-state index contributed by atoms with van der Waals surface area (Å²) in [5.41, 5.74) is 2.25. The molecule has 0 radical (unpaired) electrons. The van der Waals surface area contributed by atoms with E-state index in [0.29, 0.717) is 6.04 Å². The fraction of sp³-hybridized carbons (Fsp3) is 0.667. The second-order valence-corrected chi connectivity index (χ2v) is 4.39. The van der Waals surface area contributed by atoms with Crippen LogP contribution in [0.3, 0.4) is 0 Å². The van der Waals surface area contributed by atoms with Crippen molar-refractivity contribution in [1.29, 1.82) is 0 Å². The molecule has 0 aromatic carbocycles. The van der Waals surface area contributed by atoms with Gasteiger partial charge >= 0.3 is 0 Å². The van der Waals surface area contributed by atoms with Crippen LogP contribution in [-0.2, 0) is 6.42 Å². The van der Waals surface area contributed by atoms with Gasteiger partial charge in [0.15, 0.2) is 0 Å². The molecule has 0 aliphatic rings. The van der Waals surface area contributed by atoms with E-state index in [-0.39, 0.29) is 0 Å². The van der Waals surface area contributed by atoms with E-state index in [1.807, 2.05) is 20.2 Å². The zero-order chi connectivity index (χ0) is 12.1.